The first-order valence-corrected chi connectivity index (χ1v) is 10.3. The monoisotopic (exact) mass is 397 g/mol. The molecule has 4 rings (SSSR count). The summed E-state index contributed by atoms with van der Waals surface area (Å²) in [5.74, 6) is -0.145. The minimum absolute atomic E-state index is 0.0469. The second kappa shape index (κ2) is 7.96. The third-order valence-corrected chi connectivity index (χ3v) is 6.08. The summed E-state index contributed by atoms with van der Waals surface area (Å²) in [5.41, 5.74) is 6.40. The topological polar surface area (TPSA) is 53.2 Å². The second-order valence-corrected chi connectivity index (χ2v) is 7.95. The van der Waals surface area contributed by atoms with Crippen molar-refractivity contribution in [2.75, 3.05) is 6.61 Å². The number of fused-ring (bicyclic) bond motifs is 2. The quantitative estimate of drug-likeness (QED) is 0.422. The minimum atomic E-state index is -0.0983. The van der Waals surface area contributed by atoms with Crippen molar-refractivity contribution in [3.8, 4) is 0 Å². The third kappa shape index (κ3) is 3.53. The van der Waals surface area contributed by atoms with Gasteiger partial charge in [-0.2, -0.15) is 4.73 Å². The van der Waals surface area contributed by atoms with Crippen molar-refractivity contribution in [3.05, 3.63) is 74.7 Å². The van der Waals surface area contributed by atoms with Gasteiger partial charge < -0.3 is 9.94 Å². The Kier molecular flexibility index (Phi) is 5.40. The Hall–Kier alpha value is -2.33. The molecule has 0 radical (unpaired) electrons. The number of esters is 1. The molecule has 0 spiro atoms. The first-order valence-electron chi connectivity index (χ1n) is 9.97. The van der Waals surface area contributed by atoms with Crippen LogP contribution in [-0.2, 0) is 22.4 Å². The van der Waals surface area contributed by atoms with Gasteiger partial charge in [-0.15, -0.1) is 0 Å². The lowest BCUT2D eigenvalue weighted by molar-refractivity contribution is -0.608. The molecule has 1 heterocycles. The van der Waals surface area contributed by atoms with Crippen LogP contribution >= 0.6 is 11.6 Å². The summed E-state index contributed by atoms with van der Waals surface area (Å²) in [5, 5.41) is 13.5. The van der Waals surface area contributed by atoms with Crippen LogP contribution in [-0.4, -0.2) is 12.6 Å². The highest BCUT2D eigenvalue weighted by Gasteiger charge is 2.31. The summed E-state index contributed by atoms with van der Waals surface area (Å²) in [7, 11) is 0. The van der Waals surface area contributed by atoms with Gasteiger partial charge in [0.1, 0.15) is 0 Å². The number of halogens is 1. The zero-order valence-corrected chi connectivity index (χ0v) is 16.8. The Bertz CT molecular complexity index is 941. The molecule has 2 aliphatic rings. The highest BCUT2D eigenvalue weighted by molar-refractivity contribution is 6.30. The van der Waals surface area contributed by atoms with Crippen LogP contribution < -0.4 is 4.73 Å². The molecule has 0 N–H and O–H groups in total. The number of aryl methyl sites for hydroxylation is 2. The molecule has 2 aromatic rings. The average Bonchev–Trinajstić information content (AvgIpc) is 2.86. The summed E-state index contributed by atoms with van der Waals surface area (Å²) in [6, 6.07) is 9.81. The van der Waals surface area contributed by atoms with Gasteiger partial charge in [-0.1, -0.05) is 23.2 Å². The number of pyridine rings is 1. The van der Waals surface area contributed by atoms with Gasteiger partial charge in [0.15, 0.2) is 6.20 Å². The Morgan fingerprint density at radius 3 is 2.68 bits per heavy atom. The van der Waals surface area contributed by atoms with Crippen LogP contribution in [0.2, 0.25) is 5.02 Å². The Balaban J connectivity index is 1.80. The number of aromatic nitrogens is 1. The summed E-state index contributed by atoms with van der Waals surface area (Å²) in [4.78, 5) is 12.1. The lowest BCUT2D eigenvalue weighted by atomic mass is 9.80. The molecule has 28 heavy (non-hydrogen) atoms. The van der Waals surface area contributed by atoms with Gasteiger partial charge in [-0.05, 0) is 74.8 Å². The van der Waals surface area contributed by atoms with Crippen LogP contribution in [0.25, 0.3) is 5.57 Å². The SMILES string of the molecule is CCOC(=O)C1CCC(=C2c3ccc(Cl)cc3CCc3ccc[n+]([O-])c32)CC1. The van der Waals surface area contributed by atoms with E-state index in [2.05, 4.69) is 0 Å². The van der Waals surface area contributed by atoms with E-state index in [0.29, 0.717) is 6.61 Å². The number of rotatable bonds is 2. The molecule has 4 nitrogen and oxygen atoms in total. The summed E-state index contributed by atoms with van der Waals surface area (Å²) >= 11 is 6.26. The number of nitrogens with zero attached hydrogens (tertiary/aromatic N) is 1. The highest BCUT2D eigenvalue weighted by atomic mass is 35.5. The summed E-state index contributed by atoms with van der Waals surface area (Å²) < 4.78 is 6.20. The van der Waals surface area contributed by atoms with Crippen LogP contribution in [0.1, 0.15) is 55.0 Å². The minimum Gasteiger partial charge on any atom is -0.618 e. The third-order valence-electron chi connectivity index (χ3n) is 5.84. The van der Waals surface area contributed by atoms with Gasteiger partial charge in [0.25, 0.3) is 0 Å². The maximum Gasteiger partial charge on any atom is 0.308 e. The maximum absolute atomic E-state index is 12.8. The van der Waals surface area contributed by atoms with Gasteiger partial charge >= 0.3 is 5.97 Å². The van der Waals surface area contributed by atoms with E-state index < -0.39 is 0 Å². The highest BCUT2D eigenvalue weighted by Crippen LogP contribution is 2.40. The predicted molar refractivity (Wildman–Crippen MR) is 109 cm³/mol. The molecular weight excluding hydrogens is 374 g/mol. The van der Waals surface area contributed by atoms with Gasteiger partial charge in [0.05, 0.1) is 18.1 Å². The zero-order chi connectivity index (χ0) is 19.7. The van der Waals surface area contributed by atoms with Gasteiger partial charge in [0.2, 0.25) is 5.69 Å². The molecule has 0 unspecified atom stereocenters. The lowest BCUT2D eigenvalue weighted by Crippen LogP contribution is -2.33. The van der Waals surface area contributed by atoms with E-state index in [1.165, 1.54) is 11.1 Å². The predicted octanol–water partition coefficient (Wildman–Crippen LogP) is 4.63. The molecule has 1 aromatic heterocycles. The van der Waals surface area contributed by atoms with Gasteiger partial charge in [0, 0.05) is 16.7 Å². The molecule has 5 heteroatoms. The molecule has 1 aromatic carbocycles. The Labute approximate surface area is 170 Å². The molecule has 146 valence electrons. The smallest absolute Gasteiger partial charge is 0.308 e. The van der Waals surface area contributed by atoms with Gasteiger partial charge in [-0.3, -0.25) is 4.79 Å². The first kappa shape index (κ1) is 19.0. The van der Waals surface area contributed by atoms with E-state index in [1.807, 2.05) is 37.3 Å². The number of benzene rings is 1. The van der Waals surface area contributed by atoms with Crippen LogP contribution in [0.3, 0.4) is 0 Å². The van der Waals surface area contributed by atoms with Crippen molar-refractivity contribution < 1.29 is 14.3 Å². The van der Waals surface area contributed by atoms with Crippen molar-refractivity contribution in [2.45, 2.75) is 45.4 Å². The molecule has 0 amide bonds. The molecule has 0 bridgehead atoms. The van der Waals surface area contributed by atoms with Gasteiger partial charge in [-0.25, -0.2) is 0 Å². The average molecular weight is 398 g/mol. The lowest BCUT2D eigenvalue weighted by Gasteiger charge is -2.25. The van der Waals surface area contributed by atoms with Crippen molar-refractivity contribution in [1.29, 1.82) is 0 Å². The summed E-state index contributed by atoms with van der Waals surface area (Å²) in [6.07, 6.45) is 6.38. The fraction of sp³-hybridized carbons (Fsp3) is 0.391. The van der Waals surface area contributed by atoms with Crippen molar-refractivity contribution in [3.63, 3.8) is 0 Å². The van der Waals surface area contributed by atoms with E-state index >= 15 is 0 Å². The van der Waals surface area contributed by atoms with Crippen LogP contribution in [0, 0.1) is 11.1 Å². The normalized spacial score (nSPS) is 18.9. The number of carbonyl (C=O) groups excluding carboxylic acids is 1. The Morgan fingerprint density at radius 1 is 1.18 bits per heavy atom. The fourth-order valence-corrected chi connectivity index (χ4v) is 4.68. The standard InChI is InChI=1S/C23H24ClNO3/c1-2-28-23(26)17-8-5-15(6-9-17)21-20-12-11-19(24)14-18(20)10-7-16-4-3-13-25(27)22(16)21/h3-4,11-14,17H,2,5-10H2,1H3. The maximum atomic E-state index is 12.8. The fourth-order valence-electron chi connectivity index (χ4n) is 4.48. The van der Waals surface area contributed by atoms with Crippen LogP contribution in [0.5, 0.6) is 0 Å². The molecule has 1 fully saturated rings. The number of hydrogen-bond donors (Lipinski definition) is 0. The summed E-state index contributed by atoms with van der Waals surface area (Å²) in [6.45, 7) is 2.26. The molecule has 1 saturated carbocycles. The van der Waals surface area contributed by atoms with Crippen molar-refractivity contribution in [2.24, 2.45) is 5.92 Å². The van der Waals surface area contributed by atoms with E-state index in [9.17, 15) is 10.0 Å². The molecular formula is C23H24ClNO3. The molecule has 2 aliphatic carbocycles. The molecule has 0 saturated heterocycles. The molecule has 0 aliphatic heterocycles. The Morgan fingerprint density at radius 2 is 1.93 bits per heavy atom. The van der Waals surface area contributed by atoms with E-state index in [-0.39, 0.29) is 11.9 Å². The molecule has 0 atom stereocenters. The number of hydrogen-bond acceptors (Lipinski definition) is 3. The van der Waals surface area contributed by atoms with Crippen molar-refractivity contribution in [1.82, 2.24) is 0 Å². The van der Waals surface area contributed by atoms with E-state index in [4.69, 9.17) is 16.3 Å². The van der Waals surface area contributed by atoms with Crippen molar-refractivity contribution >= 4 is 23.1 Å². The second-order valence-electron chi connectivity index (χ2n) is 7.51. The van der Waals surface area contributed by atoms with E-state index in [1.54, 1.807) is 6.20 Å². The number of allylic oxidation sites excluding steroid dienone is 1. The zero-order valence-electron chi connectivity index (χ0n) is 16.0. The van der Waals surface area contributed by atoms with Crippen LogP contribution in [0.15, 0.2) is 42.1 Å². The first-order chi connectivity index (χ1) is 13.6. The van der Waals surface area contributed by atoms with E-state index in [0.717, 1.165) is 70.7 Å². The van der Waals surface area contributed by atoms with Crippen LogP contribution in [0.4, 0.5) is 0 Å². The number of ether oxygens (including phenoxy) is 1. The largest absolute Gasteiger partial charge is 0.618 e. The number of carbonyl (C=O) groups is 1.